The van der Waals surface area contributed by atoms with E-state index >= 15 is 0 Å². The van der Waals surface area contributed by atoms with Crippen LogP contribution < -0.4 is 15.4 Å². The van der Waals surface area contributed by atoms with Gasteiger partial charge in [0.1, 0.15) is 5.82 Å². The van der Waals surface area contributed by atoms with Crippen LogP contribution in [-0.4, -0.2) is 72.9 Å². The Morgan fingerprint density at radius 1 is 1.24 bits per heavy atom. The summed E-state index contributed by atoms with van der Waals surface area (Å²) in [5.41, 5.74) is 0.183. The summed E-state index contributed by atoms with van der Waals surface area (Å²) < 4.78 is 41.7. The molecule has 1 aromatic rings. The molecule has 3 aliphatic rings. The molecular weight excluding hydrogens is 434 g/mol. The van der Waals surface area contributed by atoms with Gasteiger partial charge in [-0.05, 0) is 32.6 Å². The topological polar surface area (TPSA) is 76.9 Å². The van der Waals surface area contributed by atoms with Gasteiger partial charge in [-0.25, -0.2) is 8.78 Å². The molecule has 4 heterocycles. The van der Waals surface area contributed by atoms with Crippen molar-refractivity contribution in [3.05, 3.63) is 28.1 Å². The Kier molecular flexibility index (Phi) is 7.13. The maximum absolute atomic E-state index is 14.6. The summed E-state index contributed by atoms with van der Waals surface area (Å²) in [4.78, 5) is 34.0. The summed E-state index contributed by atoms with van der Waals surface area (Å²) in [5.74, 6) is -2.81. The van der Waals surface area contributed by atoms with Gasteiger partial charge in [0.2, 0.25) is 5.95 Å². The molecule has 0 aromatic carbocycles. The van der Waals surface area contributed by atoms with Gasteiger partial charge in [0.05, 0.1) is 38.4 Å². The normalized spacial score (nSPS) is 24.5. The first-order valence-electron chi connectivity index (χ1n) is 11.7. The smallest absolute Gasteiger partial charge is 0.265 e. The molecule has 0 amide bonds. The molecule has 10 heteroatoms. The minimum absolute atomic E-state index is 0.00647. The van der Waals surface area contributed by atoms with Gasteiger partial charge < -0.3 is 19.3 Å². The summed E-state index contributed by atoms with van der Waals surface area (Å²) in [7, 11) is 0. The van der Waals surface area contributed by atoms with Crippen molar-refractivity contribution < 1.29 is 23.0 Å². The van der Waals surface area contributed by atoms with Crippen molar-refractivity contribution in [1.82, 2.24) is 9.55 Å². The first-order valence-corrected chi connectivity index (χ1v) is 11.7. The van der Waals surface area contributed by atoms with Crippen LogP contribution in [0.4, 0.5) is 20.5 Å². The number of nitrogens with zero attached hydrogens (tertiary/aromatic N) is 4. The molecule has 1 saturated heterocycles. The van der Waals surface area contributed by atoms with Gasteiger partial charge >= 0.3 is 0 Å². The molecule has 0 saturated carbocycles. The SMILES string of the molecule is C[C@@H]1COCCN1c1cc(=O)n2c(n1)N(CC(=O)C1=CCCCCOC1)[C@H](C(C)(F)F)CC2. The van der Waals surface area contributed by atoms with Crippen LogP contribution in [0.5, 0.6) is 0 Å². The molecule has 0 N–H and O–H groups in total. The van der Waals surface area contributed by atoms with Crippen molar-refractivity contribution in [2.75, 3.05) is 49.3 Å². The van der Waals surface area contributed by atoms with E-state index in [1.54, 1.807) is 0 Å². The average molecular weight is 467 g/mol. The maximum atomic E-state index is 14.6. The van der Waals surface area contributed by atoms with E-state index < -0.39 is 12.0 Å². The highest BCUT2D eigenvalue weighted by Crippen LogP contribution is 2.33. The number of ether oxygens (including phenoxy) is 2. The first kappa shape index (κ1) is 23.8. The van der Waals surface area contributed by atoms with Crippen LogP contribution in [0.3, 0.4) is 0 Å². The predicted molar refractivity (Wildman–Crippen MR) is 120 cm³/mol. The molecule has 8 nitrogen and oxygen atoms in total. The van der Waals surface area contributed by atoms with Gasteiger partial charge in [0, 0.05) is 38.3 Å². The van der Waals surface area contributed by atoms with Gasteiger partial charge in [-0.3, -0.25) is 14.2 Å². The minimum Gasteiger partial charge on any atom is -0.377 e. The van der Waals surface area contributed by atoms with Crippen molar-refractivity contribution in [1.29, 1.82) is 0 Å². The number of carbonyl (C=O) groups excluding carboxylic acids is 1. The number of anilines is 2. The second kappa shape index (κ2) is 9.89. The minimum atomic E-state index is -3.07. The maximum Gasteiger partial charge on any atom is 0.265 e. The highest BCUT2D eigenvalue weighted by atomic mass is 19.3. The number of carbonyl (C=O) groups is 1. The van der Waals surface area contributed by atoms with Crippen LogP contribution in [0.15, 0.2) is 22.5 Å². The second-order valence-corrected chi connectivity index (χ2v) is 9.11. The molecule has 4 rings (SSSR count). The highest BCUT2D eigenvalue weighted by molar-refractivity contribution is 5.98. The summed E-state index contributed by atoms with van der Waals surface area (Å²) >= 11 is 0. The summed E-state index contributed by atoms with van der Waals surface area (Å²) in [5, 5.41) is 0. The van der Waals surface area contributed by atoms with Crippen molar-refractivity contribution in [3.8, 4) is 0 Å². The number of hydrogen-bond donors (Lipinski definition) is 0. The number of fused-ring (bicyclic) bond motifs is 1. The molecule has 1 aromatic heterocycles. The van der Waals surface area contributed by atoms with E-state index in [0.717, 1.165) is 26.2 Å². The number of ketones is 1. The van der Waals surface area contributed by atoms with Crippen molar-refractivity contribution in [2.24, 2.45) is 0 Å². The molecule has 0 spiro atoms. The molecule has 33 heavy (non-hydrogen) atoms. The van der Waals surface area contributed by atoms with E-state index in [0.29, 0.717) is 37.8 Å². The number of hydrogen-bond acceptors (Lipinski definition) is 7. The molecule has 0 radical (unpaired) electrons. The lowest BCUT2D eigenvalue weighted by atomic mass is 10.0. The lowest BCUT2D eigenvalue weighted by Crippen LogP contribution is -2.55. The van der Waals surface area contributed by atoms with Gasteiger partial charge in [0.15, 0.2) is 5.78 Å². The van der Waals surface area contributed by atoms with Gasteiger partial charge in [-0.1, -0.05) is 6.08 Å². The third-order valence-corrected chi connectivity index (χ3v) is 6.54. The Hall–Kier alpha value is -2.33. The van der Waals surface area contributed by atoms with Crippen molar-refractivity contribution >= 4 is 17.5 Å². The molecule has 3 aliphatic heterocycles. The zero-order valence-corrected chi connectivity index (χ0v) is 19.3. The number of aromatic nitrogens is 2. The van der Waals surface area contributed by atoms with Crippen LogP contribution in [0.25, 0.3) is 0 Å². The van der Waals surface area contributed by atoms with Crippen LogP contribution in [0.1, 0.15) is 39.5 Å². The molecule has 1 fully saturated rings. The van der Waals surface area contributed by atoms with E-state index in [-0.39, 0.29) is 49.4 Å². The lowest BCUT2D eigenvalue weighted by Gasteiger charge is -2.41. The fourth-order valence-electron chi connectivity index (χ4n) is 4.70. The summed E-state index contributed by atoms with van der Waals surface area (Å²) in [6, 6.07) is 0.203. The Morgan fingerprint density at radius 3 is 2.82 bits per heavy atom. The fraction of sp³-hybridized carbons (Fsp3) is 0.696. The number of alkyl halides is 2. The van der Waals surface area contributed by atoms with E-state index in [9.17, 15) is 18.4 Å². The summed E-state index contributed by atoms with van der Waals surface area (Å²) in [6.07, 6.45) is 4.49. The zero-order valence-electron chi connectivity index (χ0n) is 19.3. The third-order valence-electron chi connectivity index (χ3n) is 6.54. The number of allylic oxidation sites excluding steroid dienone is 1. The molecule has 0 bridgehead atoms. The number of halogens is 2. The van der Waals surface area contributed by atoms with Crippen LogP contribution in [0.2, 0.25) is 0 Å². The van der Waals surface area contributed by atoms with E-state index in [1.807, 2.05) is 17.9 Å². The van der Waals surface area contributed by atoms with Gasteiger partial charge in [-0.15, -0.1) is 0 Å². The molecule has 0 aliphatic carbocycles. The van der Waals surface area contributed by atoms with Crippen LogP contribution >= 0.6 is 0 Å². The standard InChI is InChI=1S/C23H32F2N4O4/c1-16-14-33-11-9-27(16)20-12-21(31)28-8-7-19(23(2,24)25)29(22(28)26-20)13-18(30)17-6-4-3-5-10-32-15-17/h6,12,16,19H,3-5,7-11,13-15H2,1-2H3/t16-,19+/m1/s1. The Labute approximate surface area is 192 Å². The monoisotopic (exact) mass is 466 g/mol. The van der Waals surface area contributed by atoms with E-state index in [2.05, 4.69) is 4.98 Å². The molecule has 182 valence electrons. The van der Waals surface area contributed by atoms with Crippen molar-refractivity contribution in [2.45, 2.75) is 64.1 Å². The second-order valence-electron chi connectivity index (χ2n) is 9.11. The van der Waals surface area contributed by atoms with E-state index in [1.165, 1.54) is 15.5 Å². The van der Waals surface area contributed by atoms with Gasteiger partial charge in [0.25, 0.3) is 11.5 Å². The van der Waals surface area contributed by atoms with Crippen molar-refractivity contribution in [3.63, 3.8) is 0 Å². The number of rotatable bonds is 5. The fourth-order valence-corrected chi connectivity index (χ4v) is 4.70. The molecular formula is C23H32F2N4O4. The predicted octanol–water partition coefficient (Wildman–Crippen LogP) is 2.40. The lowest BCUT2D eigenvalue weighted by molar-refractivity contribution is -0.115. The zero-order chi connectivity index (χ0) is 23.6. The number of Topliss-reactive ketones (excluding diaryl/α,β-unsaturated/α-hetero) is 1. The third kappa shape index (κ3) is 5.27. The molecule has 0 unspecified atom stereocenters. The number of morpholine rings is 1. The Morgan fingerprint density at radius 2 is 2.06 bits per heavy atom. The summed E-state index contributed by atoms with van der Waals surface area (Å²) in [6.45, 7) is 4.95. The largest absolute Gasteiger partial charge is 0.377 e. The Balaban J connectivity index is 1.70. The van der Waals surface area contributed by atoms with Crippen LogP contribution in [-0.2, 0) is 20.8 Å². The molecule has 2 atom stereocenters. The van der Waals surface area contributed by atoms with Crippen LogP contribution in [0, 0.1) is 0 Å². The average Bonchev–Trinajstić information content (AvgIpc) is 2.73. The Bertz CT molecular complexity index is 959. The van der Waals surface area contributed by atoms with Gasteiger partial charge in [-0.2, -0.15) is 4.98 Å². The van der Waals surface area contributed by atoms with E-state index in [4.69, 9.17) is 9.47 Å². The first-order chi connectivity index (χ1) is 15.8. The quantitative estimate of drug-likeness (QED) is 0.660. The highest BCUT2D eigenvalue weighted by Gasteiger charge is 2.43.